The van der Waals surface area contributed by atoms with Gasteiger partial charge in [-0.15, -0.1) is 12.4 Å². The number of benzene rings is 2. The van der Waals surface area contributed by atoms with Crippen molar-refractivity contribution in [3.05, 3.63) is 59.1 Å². The molecular weight excluding hydrogens is 305 g/mol. The number of nitrogens with one attached hydrogen (secondary N) is 1. The molecule has 0 amide bonds. The predicted molar refractivity (Wildman–Crippen MR) is 90.2 cm³/mol. The van der Waals surface area contributed by atoms with E-state index < -0.39 is 0 Å². The van der Waals surface area contributed by atoms with Crippen molar-refractivity contribution in [1.82, 2.24) is 5.32 Å². The minimum absolute atomic E-state index is 0. The van der Waals surface area contributed by atoms with Crippen LogP contribution in [0.5, 0.6) is 0 Å². The monoisotopic (exact) mass is 323 g/mol. The molecule has 0 aromatic heterocycles. The van der Waals surface area contributed by atoms with Crippen molar-refractivity contribution in [3.8, 4) is 11.1 Å². The third kappa shape index (κ3) is 4.45. The molecule has 4 heteroatoms. The number of ether oxygens (including phenoxy) is 1. The van der Waals surface area contributed by atoms with Gasteiger partial charge >= 0.3 is 0 Å². The molecule has 2 aromatic rings. The average Bonchev–Trinajstić information content (AvgIpc) is 3.00. The topological polar surface area (TPSA) is 21.3 Å². The summed E-state index contributed by atoms with van der Waals surface area (Å²) in [4.78, 5) is 0. The lowest BCUT2D eigenvalue weighted by Gasteiger charge is -2.11. The standard InChI is InChI=1S/C17H18ClNO.ClH/c18-16-6-4-14(5-7-16)15-3-1-2-13(10-15)12-20-17-8-9-19-11-17;/h1-7,10,17,19H,8-9,11-12H2;1H. The number of hydrogen-bond acceptors (Lipinski definition) is 2. The number of halogens is 2. The molecule has 2 nitrogen and oxygen atoms in total. The molecule has 1 aliphatic rings. The molecule has 0 aliphatic carbocycles. The van der Waals surface area contributed by atoms with Crippen molar-refractivity contribution in [3.63, 3.8) is 0 Å². The maximum atomic E-state index is 5.93. The van der Waals surface area contributed by atoms with E-state index in [2.05, 4.69) is 29.6 Å². The van der Waals surface area contributed by atoms with Gasteiger partial charge < -0.3 is 10.1 Å². The maximum Gasteiger partial charge on any atom is 0.0721 e. The van der Waals surface area contributed by atoms with Crippen molar-refractivity contribution in [2.45, 2.75) is 19.1 Å². The van der Waals surface area contributed by atoms with Gasteiger partial charge in [-0.1, -0.05) is 41.9 Å². The highest BCUT2D eigenvalue weighted by atomic mass is 35.5. The lowest BCUT2D eigenvalue weighted by Crippen LogP contribution is -2.16. The molecular formula is C17H19Cl2NO. The Kier molecular flexibility index (Phi) is 6.07. The summed E-state index contributed by atoms with van der Waals surface area (Å²) in [6.07, 6.45) is 1.46. The lowest BCUT2D eigenvalue weighted by molar-refractivity contribution is 0.0542. The maximum absolute atomic E-state index is 5.93. The van der Waals surface area contributed by atoms with Crippen molar-refractivity contribution >= 4 is 24.0 Å². The minimum Gasteiger partial charge on any atom is -0.372 e. The molecule has 1 atom stereocenters. The summed E-state index contributed by atoms with van der Waals surface area (Å²) in [6.45, 7) is 2.71. The fourth-order valence-electron chi connectivity index (χ4n) is 2.47. The Bertz CT molecular complexity index is 565. The van der Waals surface area contributed by atoms with Gasteiger partial charge in [-0.3, -0.25) is 0 Å². The summed E-state index contributed by atoms with van der Waals surface area (Å²) < 4.78 is 5.92. The summed E-state index contributed by atoms with van der Waals surface area (Å²) in [7, 11) is 0. The van der Waals surface area contributed by atoms with Crippen molar-refractivity contribution in [2.24, 2.45) is 0 Å². The third-order valence-corrected chi connectivity index (χ3v) is 3.86. The van der Waals surface area contributed by atoms with Gasteiger partial charge in [0.05, 0.1) is 12.7 Å². The normalized spacial score (nSPS) is 17.5. The molecule has 1 heterocycles. The van der Waals surface area contributed by atoms with Gasteiger partial charge in [-0.2, -0.15) is 0 Å². The lowest BCUT2D eigenvalue weighted by atomic mass is 10.0. The fraction of sp³-hybridized carbons (Fsp3) is 0.294. The third-order valence-electron chi connectivity index (χ3n) is 3.61. The molecule has 1 unspecified atom stereocenters. The molecule has 0 saturated carbocycles. The highest BCUT2D eigenvalue weighted by Crippen LogP contribution is 2.23. The first-order valence-corrected chi connectivity index (χ1v) is 7.36. The molecule has 112 valence electrons. The largest absolute Gasteiger partial charge is 0.372 e. The molecule has 1 fully saturated rings. The van der Waals surface area contributed by atoms with Crippen LogP contribution in [-0.2, 0) is 11.3 Å². The first-order valence-electron chi connectivity index (χ1n) is 6.98. The second kappa shape index (κ2) is 7.81. The van der Waals surface area contributed by atoms with Crippen LogP contribution in [0.15, 0.2) is 48.5 Å². The molecule has 0 bridgehead atoms. The van der Waals surface area contributed by atoms with E-state index in [4.69, 9.17) is 16.3 Å². The Hall–Kier alpha value is -1.06. The van der Waals surface area contributed by atoms with Crippen LogP contribution in [0.2, 0.25) is 5.02 Å². The van der Waals surface area contributed by atoms with Crippen LogP contribution in [0.25, 0.3) is 11.1 Å². The van der Waals surface area contributed by atoms with Gasteiger partial charge in [-0.25, -0.2) is 0 Å². The highest BCUT2D eigenvalue weighted by Gasteiger charge is 2.14. The highest BCUT2D eigenvalue weighted by molar-refractivity contribution is 6.30. The second-order valence-corrected chi connectivity index (χ2v) is 5.57. The Morgan fingerprint density at radius 3 is 2.62 bits per heavy atom. The Morgan fingerprint density at radius 2 is 1.90 bits per heavy atom. The van der Waals surface area contributed by atoms with E-state index in [0.717, 1.165) is 24.5 Å². The van der Waals surface area contributed by atoms with Gasteiger partial charge in [0, 0.05) is 11.6 Å². The van der Waals surface area contributed by atoms with Crippen molar-refractivity contribution in [2.75, 3.05) is 13.1 Å². The Morgan fingerprint density at radius 1 is 1.10 bits per heavy atom. The van der Waals surface area contributed by atoms with Crippen LogP contribution in [-0.4, -0.2) is 19.2 Å². The predicted octanol–water partition coefficient (Wildman–Crippen LogP) is 4.31. The smallest absolute Gasteiger partial charge is 0.0721 e. The van der Waals surface area contributed by atoms with Crippen molar-refractivity contribution in [1.29, 1.82) is 0 Å². The molecule has 0 spiro atoms. The van der Waals surface area contributed by atoms with E-state index in [1.807, 2.05) is 24.3 Å². The van der Waals surface area contributed by atoms with Crippen LogP contribution >= 0.6 is 24.0 Å². The zero-order valence-corrected chi connectivity index (χ0v) is 13.3. The fourth-order valence-corrected chi connectivity index (χ4v) is 2.59. The van der Waals surface area contributed by atoms with E-state index in [0.29, 0.717) is 12.7 Å². The van der Waals surface area contributed by atoms with Gasteiger partial charge in [0.25, 0.3) is 0 Å². The van der Waals surface area contributed by atoms with Gasteiger partial charge in [-0.05, 0) is 47.9 Å². The van der Waals surface area contributed by atoms with Crippen LogP contribution < -0.4 is 5.32 Å². The van der Waals surface area contributed by atoms with Gasteiger partial charge in [0.15, 0.2) is 0 Å². The van der Waals surface area contributed by atoms with Gasteiger partial charge in [0.1, 0.15) is 0 Å². The SMILES string of the molecule is Cl.Clc1ccc(-c2cccc(COC3CCNC3)c2)cc1. The quantitative estimate of drug-likeness (QED) is 0.905. The average molecular weight is 324 g/mol. The molecule has 1 saturated heterocycles. The summed E-state index contributed by atoms with van der Waals surface area (Å²) in [5, 5.41) is 4.08. The molecule has 1 N–H and O–H groups in total. The number of rotatable bonds is 4. The molecule has 0 radical (unpaired) electrons. The van der Waals surface area contributed by atoms with E-state index in [1.165, 1.54) is 16.7 Å². The first-order chi connectivity index (χ1) is 9.81. The number of hydrogen-bond donors (Lipinski definition) is 1. The summed E-state index contributed by atoms with van der Waals surface area (Å²) in [6, 6.07) is 16.4. The molecule has 1 aliphatic heterocycles. The van der Waals surface area contributed by atoms with E-state index in [1.54, 1.807) is 0 Å². The van der Waals surface area contributed by atoms with Crippen LogP contribution in [0.3, 0.4) is 0 Å². The van der Waals surface area contributed by atoms with E-state index in [9.17, 15) is 0 Å². The van der Waals surface area contributed by atoms with Crippen LogP contribution in [0, 0.1) is 0 Å². The molecule has 2 aromatic carbocycles. The van der Waals surface area contributed by atoms with Crippen molar-refractivity contribution < 1.29 is 4.74 Å². The van der Waals surface area contributed by atoms with Crippen LogP contribution in [0.4, 0.5) is 0 Å². The Balaban J connectivity index is 0.00000161. The second-order valence-electron chi connectivity index (χ2n) is 5.13. The van der Waals surface area contributed by atoms with E-state index >= 15 is 0 Å². The summed E-state index contributed by atoms with van der Waals surface area (Å²) in [5.74, 6) is 0. The first kappa shape index (κ1) is 16.3. The van der Waals surface area contributed by atoms with Crippen LogP contribution in [0.1, 0.15) is 12.0 Å². The molecule has 21 heavy (non-hydrogen) atoms. The Labute approximate surface area is 136 Å². The zero-order valence-electron chi connectivity index (χ0n) is 11.7. The van der Waals surface area contributed by atoms with Gasteiger partial charge in [0.2, 0.25) is 0 Å². The zero-order chi connectivity index (χ0) is 13.8. The molecule has 3 rings (SSSR count). The summed E-state index contributed by atoms with van der Waals surface area (Å²) >= 11 is 5.93. The summed E-state index contributed by atoms with van der Waals surface area (Å²) in [5.41, 5.74) is 3.59. The van der Waals surface area contributed by atoms with E-state index in [-0.39, 0.29) is 12.4 Å². The minimum atomic E-state index is 0.